The first-order valence-corrected chi connectivity index (χ1v) is 12.2. The molecule has 2 aromatic carbocycles. The highest BCUT2D eigenvalue weighted by Crippen LogP contribution is 2.19. The van der Waals surface area contributed by atoms with E-state index in [9.17, 15) is 9.59 Å². The Balaban J connectivity index is 1.67. The second-order valence-corrected chi connectivity index (χ2v) is 9.61. The third-order valence-corrected chi connectivity index (χ3v) is 6.30. The van der Waals surface area contributed by atoms with Gasteiger partial charge in [-0.25, -0.2) is 0 Å². The number of amides is 2. The summed E-state index contributed by atoms with van der Waals surface area (Å²) >= 11 is 7.58. The van der Waals surface area contributed by atoms with Crippen molar-refractivity contribution < 1.29 is 14.3 Å². The number of ether oxygens (including phenoxy) is 1. The number of benzene rings is 2. The Morgan fingerprint density at radius 3 is 2.27 bits per heavy atom. The van der Waals surface area contributed by atoms with Crippen molar-refractivity contribution in [2.45, 2.75) is 33.4 Å². The summed E-state index contributed by atoms with van der Waals surface area (Å²) in [4.78, 5) is 31.9. The van der Waals surface area contributed by atoms with Crippen molar-refractivity contribution in [1.29, 1.82) is 0 Å². The molecule has 33 heavy (non-hydrogen) atoms. The van der Waals surface area contributed by atoms with Crippen LogP contribution in [0.4, 0.5) is 0 Å². The monoisotopic (exact) mass is 484 g/mol. The first kappa shape index (κ1) is 24.8. The van der Waals surface area contributed by atoms with E-state index in [1.54, 1.807) is 40.5 Å². The average Bonchev–Trinajstić information content (AvgIpc) is 3.23. The third-order valence-electron chi connectivity index (χ3n) is 5.06. The molecular formula is C26H29ClN2O3S. The van der Waals surface area contributed by atoms with E-state index in [0.717, 1.165) is 16.9 Å². The van der Waals surface area contributed by atoms with Crippen LogP contribution in [0, 0.1) is 6.92 Å². The van der Waals surface area contributed by atoms with Crippen LogP contribution in [0.1, 0.15) is 28.7 Å². The zero-order valence-corrected chi connectivity index (χ0v) is 20.6. The molecule has 0 saturated carbocycles. The van der Waals surface area contributed by atoms with Gasteiger partial charge in [0.25, 0.3) is 5.91 Å². The number of aryl methyl sites for hydroxylation is 1. The Kier molecular flexibility index (Phi) is 9.34. The van der Waals surface area contributed by atoms with Gasteiger partial charge >= 0.3 is 0 Å². The van der Waals surface area contributed by atoms with Crippen molar-refractivity contribution in [3.05, 3.63) is 87.1 Å². The van der Waals surface area contributed by atoms with Gasteiger partial charge in [-0.3, -0.25) is 9.59 Å². The minimum absolute atomic E-state index is 0.0217. The summed E-state index contributed by atoms with van der Waals surface area (Å²) in [6.07, 6.45) is 0.753. The number of carbonyl (C=O) groups is 2. The van der Waals surface area contributed by atoms with Gasteiger partial charge in [-0.2, -0.15) is 0 Å². The summed E-state index contributed by atoms with van der Waals surface area (Å²) in [7, 11) is 0. The van der Waals surface area contributed by atoms with E-state index in [4.69, 9.17) is 16.3 Å². The number of halogens is 1. The van der Waals surface area contributed by atoms with Crippen molar-refractivity contribution in [2.75, 3.05) is 19.7 Å². The molecule has 3 aromatic rings. The zero-order chi connectivity index (χ0) is 23.6. The maximum atomic E-state index is 13.3. The lowest BCUT2D eigenvalue weighted by molar-refractivity contribution is -0.142. The summed E-state index contributed by atoms with van der Waals surface area (Å²) in [6.45, 7) is 5.44. The smallest absolute Gasteiger partial charge is 0.260 e. The van der Waals surface area contributed by atoms with Crippen LogP contribution in [0.15, 0.2) is 66.7 Å². The quantitative estimate of drug-likeness (QED) is 0.358. The molecule has 0 unspecified atom stereocenters. The fourth-order valence-corrected chi connectivity index (χ4v) is 4.42. The third kappa shape index (κ3) is 7.91. The average molecular weight is 485 g/mol. The lowest BCUT2D eigenvalue weighted by Crippen LogP contribution is -2.44. The minimum atomic E-state index is -0.216. The van der Waals surface area contributed by atoms with Crippen molar-refractivity contribution >= 4 is 34.8 Å². The van der Waals surface area contributed by atoms with Crippen molar-refractivity contribution in [1.82, 2.24) is 9.80 Å². The number of carbonyl (C=O) groups excluding carboxylic acids is 2. The molecule has 0 saturated heterocycles. The normalized spacial score (nSPS) is 10.6. The highest BCUT2D eigenvalue weighted by atomic mass is 35.5. The second kappa shape index (κ2) is 12.4. The maximum absolute atomic E-state index is 13.3. The van der Waals surface area contributed by atoms with Crippen LogP contribution >= 0.6 is 22.9 Å². The second-order valence-electron chi connectivity index (χ2n) is 7.81. The molecule has 0 radical (unpaired) electrons. The maximum Gasteiger partial charge on any atom is 0.260 e. The van der Waals surface area contributed by atoms with Crippen LogP contribution in [0.25, 0.3) is 0 Å². The van der Waals surface area contributed by atoms with Crippen molar-refractivity contribution in [3.63, 3.8) is 0 Å². The summed E-state index contributed by atoms with van der Waals surface area (Å²) < 4.78 is 5.61. The molecule has 0 aliphatic rings. The van der Waals surface area contributed by atoms with Crippen LogP contribution in [-0.4, -0.2) is 41.3 Å². The van der Waals surface area contributed by atoms with Gasteiger partial charge < -0.3 is 14.5 Å². The predicted octanol–water partition coefficient (Wildman–Crippen LogP) is 5.56. The molecule has 0 N–H and O–H groups in total. The van der Waals surface area contributed by atoms with E-state index < -0.39 is 0 Å². The number of hydrogen-bond acceptors (Lipinski definition) is 4. The standard InChI is InChI=1S/C26H29ClN2O3S/c1-3-15-28(26(31)19-32-23-12-10-22(27)11-13-23)18-25(30)29(16-21-7-5-4-6-8-21)17-24-14-9-20(2)33-24/h4-14H,3,15-19H2,1-2H3. The molecule has 0 bridgehead atoms. The van der Waals surface area contributed by atoms with Crippen LogP contribution in [-0.2, 0) is 22.7 Å². The SMILES string of the molecule is CCCN(CC(=O)N(Cc1ccccc1)Cc1ccc(C)s1)C(=O)COc1ccc(Cl)cc1. The van der Waals surface area contributed by atoms with Gasteiger partial charge in [-0.05, 0) is 55.3 Å². The van der Waals surface area contributed by atoms with Crippen LogP contribution in [0.3, 0.4) is 0 Å². The molecule has 7 heteroatoms. The summed E-state index contributed by atoms with van der Waals surface area (Å²) in [6, 6.07) is 20.9. The first-order chi connectivity index (χ1) is 15.9. The molecule has 5 nitrogen and oxygen atoms in total. The van der Waals surface area contributed by atoms with Gasteiger partial charge in [-0.1, -0.05) is 48.9 Å². The van der Waals surface area contributed by atoms with Gasteiger partial charge in [0.05, 0.1) is 13.1 Å². The summed E-state index contributed by atoms with van der Waals surface area (Å²) in [5, 5.41) is 0.603. The molecule has 1 heterocycles. The minimum Gasteiger partial charge on any atom is -0.484 e. The molecular weight excluding hydrogens is 456 g/mol. The summed E-state index contributed by atoms with van der Waals surface area (Å²) in [5.41, 5.74) is 1.05. The lowest BCUT2D eigenvalue weighted by atomic mass is 10.2. The summed E-state index contributed by atoms with van der Waals surface area (Å²) in [5.74, 6) is 0.263. The highest BCUT2D eigenvalue weighted by molar-refractivity contribution is 7.11. The molecule has 0 aliphatic carbocycles. The molecule has 0 fully saturated rings. The number of thiophene rings is 1. The van der Waals surface area contributed by atoms with E-state index in [0.29, 0.717) is 30.4 Å². The zero-order valence-electron chi connectivity index (χ0n) is 19.0. The number of nitrogens with zero attached hydrogens (tertiary/aromatic N) is 2. The van der Waals surface area contributed by atoms with E-state index in [1.165, 1.54) is 4.88 Å². The molecule has 0 atom stereocenters. The van der Waals surface area contributed by atoms with Crippen LogP contribution in [0.5, 0.6) is 5.75 Å². The molecule has 174 valence electrons. The molecule has 0 spiro atoms. The predicted molar refractivity (Wildman–Crippen MR) is 134 cm³/mol. The Labute approximate surface area is 204 Å². The number of hydrogen-bond donors (Lipinski definition) is 0. The topological polar surface area (TPSA) is 49.9 Å². The van der Waals surface area contributed by atoms with Gasteiger partial charge in [0, 0.05) is 27.9 Å². The van der Waals surface area contributed by atoms with Gasteiger partial charge in [0.15, 0.2) is 6.61 Å². The fourth-order valence-electron chi connectivity index (χ4n) is 3.39. The molecule has 1 aromatic heterocycles. The van der Waals surface area contributed by atoms with E-state index in [-0.39, 0.29) is 25.0 Å². The Hall–Kier alpha value is -2.83. The van der Waals surface area contributed by atoms with Crippen molar-refractivity contribution in [3.8, 4) is 5.75 Å². The van der Waals surface area contributed by atoms with E-state index >= 15 is 0 Å². The Morgan fingerprint density at radius 2 is 1.64 bits per heavy atom. The van der Waals surface area contributed by atoms with Crippen LogP contribution < -0.4 is 4.74 Å². The first-order valence-electron chi connectivity index (χ1n) is 11.0. The van der Waals surface area contributed by atoms with Crippen molar-refractivity contribution in [2.24, 2.45) is 0 Å². The van der Waals surface area contributed by atoms with E-state index in [1.807, 2.05) is 42.2 Å². The lowest BCUT2D eigenvalue weighted by Gasteiger charge is -2.27. The number of rotatable bonds is 11. The van der Waals surface area contributed by atoms with E-state index in [2.05, 4.69) is 19.1 Å². The Bertz CT molecular complexity index is 1040. The van der Waals surface area contributed by atoms with Gasteiger partial charge in [-0.15, -0.1) is 11.3 Å². The van der Waals surface area contributed by atoms with Gasteiger partial charge in [0.2, 0.25) is 5.91 Å². The molecule has 3 rings (SSSR count). The fraction of sp³-hybridized carbons (Fsp3) is 0.308. The Morgan fingerprint density at radius 1 is 0.909 bits per heavy atom. The molecule has 0 aliphatic heterocycles. The van der Waals surface area contributed by atoms with Crippen LogP contribution in [0.2, 0.25) is 5.02 Å². The largest absolute Gasteiger partial charge is 0.484 e. The molecule has 2 amide bonds. The van der Waals surface area contributed by atoms with Gasteiger partial charge in [0.1, 0.15) is 5.75 Å². The highest BCUT2D eigenvalue weighted by Gasteiger charge is 2.22.